The number of nitriles is 1. The highest BCUT2D eigenvalue weighted by Crippen LogP contribution is 2.32. The molecule has 0 atom stereocenters. The number of hydrogen-bond donors (Lipinski definition) is 1. The van der Waals surface area contributed by atoms with Gasteiger partial charge in [0.2, 0.25) is 0 Å². The van der Waals surface area contributed by atoms with Gasteiger partial charge in [0.25, 0.3) is 0 Å². The fraction of sp³-hybridized carbons (Fsp3) is 0.462. The highest BCUT2D eigenvalue weighted by atomic mass is 35.5. The normalized spacial score (nSPS) is 9.95. The van der Waals surface area contributed by atoms with Crippen LogP contribution in [0.25, 0.3) is 0 Å². The number of hydrogen-bond acceptors (Lipinski definition) is 4. The number of anilines is 1. The highest BCUT2D eigenvalue weighted by molar-refractivity contribution is 6.18. The van der Waals surface area contributed by atoms with Gasteiger partial charge in [0.15, 0.2) is 11.5 Å². The van der Waals surface area contributed by atoms with Gasteiger partial charge in [-0.05, 0) is 12.8 Å². The van der Waals surface area contributed by atoms with E-state index in [4.69, 9.17) is 43.7 Å². The van der Waals surface area contributed by atoms with Crippen LogP contribution in [-0.2, 0) is 0 Å². The van der Waals surface area contributed by atoms with Gasteiger partial charge in [0.1, 0.15) is 6.07 Å². The van der Waals surface area contributed by atoms with Gasteiger partial charge in [-0.1, -0.05) is 0 Å². The van der Waals surface area contributed by atoms with Crippen LogP contribution in [0.2, 0.25) is 0 Å². The summed E-state index contributed by atoms with van der Waals surface area (Å²) in [6.07, 6.45) is 1.44. The number of benzene rings is 1. The summed E-state index contributed by atoms with van der Waals surface area (Å²) in [4.78, 5) is 0. The van der Waals surface area contributed by atoms with Gasteiger partial charge in [-0.25, -0.2) is 0 Å². The van der Waals surface area contributed by atoms with Crippen LogP contribution >= 0.6 is 23.2 Å². The van der Waals surface area contributed by atoms with Gasteiger partial charge in [-0.3, -0.25) is 0 Å². The molecule has 0 saturated carbocycles. The molecule has 0 fully saturated rings. The van der Waals surface area contributed by atoms with Crippen LogP contribution in [0.4, 0.5) is 5.69 Å². The number of nitrogen functional groups attached to an aromatic ring is 1. The second-order valence-electron chi connectivity index (χ2n) is 3.78. The quantitative estimate of drug-likeness (QED) is 0.455. The van der Waals surface area contributed by atoms with Crippen molar-refractivity contribution < 1.29 is 9.47 Å². The molecule has 0 heterocycles. The van der Waals surface area contributed by atoms with Crippen LogP contribution in [-0.4, -0.2) is 25.0 Å². The van der Waals surface area contributed by atoms with Crippen molar-refractivity contribution in [3.05, 3.63) is 17.7 Å². The van der Waals surface area contributed by atoms with E-state index in [1.54, 1.807) is 12.1 Å². The van der Waals surface area contributed by atoms with Crippen LogP contribution in [0.15, 0.2) is 12.1 Å². The Morgan fingerprint density at radius 3 is 2.05 bits per heavy atom. The van der Waals surface area contributed by atoms with Crippen molar-refractivity contribution in [1.82, 2.24) is 0 Å². The Bertz CT molecular complexity index is 447. The molecule has 19 heavy (non-hydrogen) atoms. The zero-order valence-electron chi connectivity index (χ0n) is 10.5. The molecule has 0 spiro atoms. The predicted molar refractivity (Wildman–Crippen MR) is 77.2 cm³/mol. The Morgan fingerprint density at radius 2 is 1.58 bits per heavy atom. The molecule has 1 rings (SSSR count). The van der Waals surface area contributed by atoms with Crippen molar-refractivity contribution in [2.75, 3.05) is 30.7 Å². The molecule has 0 aliphatic heterocycles. The molecule has 0 bridgehead atoms. The van der Waals surface area contributed by atoms with Gasteiger partial charge in [0.05, 0.1) is 24.5 Å². The van der Waals surface area contributed by atoms with Crippen molar-refractivity contribution in [3.8, 4) is 17.6 Å². The molecule has 0 saturated heterocycles. The fourth-order valence-electron chi connectivity index (χ4n) is 1.37. The summed E-state index contributed by atoms with van der Waals surface area (Å²) in [6, 6.07) is 5.20. The largest absolute Gasteiger partial charge is 0.490 e. The number of rotatable bonds is 8. The predicted octanol–water partition coefficient (Wildman–Crippen LogP) is 3.16. The molecule has 0 unspecified atom stereocenters. The lowest BCUT2D eigenvalue weighted by atomic mass is 10.2. The first-order valence-corrected chi connectivity index (χ1v) is 7.01. The van der Waals surface area contributed by atoms with Crippen molar-refractivity contribution >= 4 is 28.9 Å². The molecule has 0 amide bonds. The first-order chi connectivity index (χ1) is 9.22. The maximum atomic E-state index is 8.95. The molecule has 1 aromatic rings. The minimum Gasteiger partial charge on any atom is -0.490 e. The molecule has 104 valence electrons. The highest BCUT2D eigenvalue weighted by Gasteiger charge is 2.10. The van der Waals surface area contributed by atoms with Gasteiger partial charge in [-0.2, -0.15) is 5.26 Å². The minimum absolute atomic E-state index is 0.366. The lowest BCUT2D eigenvalue weighted by Gasteiger charge is -2.13. The molecule has 4 nitrogen and oxygen atoms in total. The number of nitrogens with zero attached hydrogens (tertiary/aromatic N) is 1. The molecule has 0 aliphatic rings. The average molecular weight is 303 g/mol. The molecular formula is C13H16Cl2N2O2. The van der Waals surface area contributed by atoms with Crippen LogP contribution in [0.1, 0.15) is 18.4 Å². The first kappa shape index (κ1) is 15.7. The third-order valence-electron chi connectivity index (χ3n) is 2.31. The summed E-state index contributed by atoms with van der Waals surface area (Å²) in [7, 11) is 0. The fourth-order valence-corrected chi connectivity index (χ4v) is 1.59. The summed E-state index contributed by atoms with van der Waals surface area (Å²) < 4.78 is 11.1. The lowest BCUT2D eigenvalue weighted by molar-refractivity contribution is 0.269. The van der Waals surface area contributed by atoms with Gasteiger partial charge in [-0.15, -0.1) is 23.2 Å². The van der Waals surface area contributed by atoms with Crippen LogP contribution in [0, 0.1) is 11.3 Å². The van der Waals surface area contributed by atoms with E-state index in [0.29, 0.717) is 47.7 Å². The Hall–Kier alpha value is -1.31. The SMILES string of the molecule is N#Cc1cc(OCCCCl)c(OCCCCl)cc1N. The second-order valence-corrected chi connectivity index (χ2v) is 4.54. The standard InChI is InChI=1S/C13H16Cl2N2O2/c14-3-1-5-18-12-7-10(9-16)11(17)8-13(12)19-6-2-4-15/h7-8H,1-6,17H2. The lowest BCUT2D eigenvalue weighted by Crippen LogP contribution is -2.05. The summed E-state index contributed by atoms with van der Waals surface area (Å²) in [5, 5.41) is 8.95. The molecular weight excluding hydrogens is 287 g/mol. The molecule has 0 radical (unpaired) electrons. The maximum Gasteiger partial charge on any atom is 0.163 e. The monoisotopic (exact) mass is 302 g/mol. The molecule has 0 aromatic heterocycles. The van der Waals surface area contributed by atoms with Gasteiger partial charge >= 0.3 is 0 Å². The van der Waals surface area contributed by atoms with Crippen LogP contribution in [0.3, 0.4) is 0 Å². The van der Waals surface area contributed by atoms with E-state index in [0.717, 1.165) is 12.8 Å². The van der Waals surface area contributed by atoms with E-state index in [1.807, 2.05) is 6.07 Å². The summed E-state index contributed by atoms with van der Waals surface area (Å²) in [6.45, 7) is 0.935. The Labute approximate surface area is 123 Å². The van der Waals surface area contributed by atoms with Gasteiger partial charge in [0, 0.05) is 23.9 Å². The third kappa shape index (κ3) is 5.06. The second kappa shape index (κ2) is 8.73. The zero-order valence-corrected chi connectivity index (χ0v) is 12.0. The van der Waals surface area contributed by atoms with Crippen molar-refractivity contribution in [2.24, 2.45) is 0 Å². The molecule has 1 aromatic carbocycles. The Kier molecular flexibility index (Phi) is 7.24. The number of nitrogens with two attached hydrogens (primary N) is 1. The van der Waals surface area contributed by atoms with E-state index in [1.165, 1.54) is 0 Å². The maximum absolute atomic E-state index is 8.95. The average Bonchev–Trinajstić information content (AvgIpc) is 2.41. The number of halogens is 2. The van der Waals surface area contributed by atoms with E-state index in [-0.39, 0.29) is 0 Å². The van der Waals surface area contributed by atoms with Crippen molar-refractivity contribution in [3.63, 3.8) is 0 Å². The van der Waals surface area contributed by atoms with E-state index < -0.39 is 0 Å². The summed E-state index contributed by atoms with van der Waals surface area (Å²) >= 11 is 11.2. The first-order valence-electron chi connectivity index (χ1n) is 5.94. The topological polar surface area (TPSA) is 68.3 Å². The van der Waals surface area contributed by atoms with Gasteiger partial charge < -0.3 is 15.2 Å². The Balaban J connectivity index is 2.85. The van der Waals surface area contributed by atoms with E-state index in [9.17, 15) is 0 Å². The molecule has 2 N–H and O–H groups in total. The van der Waals surface area contributed by atoms with E-state index in [2.05, 4.69) is 0 Å². The zero-order chi connectivity index (χ0) is 14.1. The molecule has 6 heteroatoms. The minimum atomic E-state index is 0.366. The summed E-state index contributed by atoms with van der Waals surface area (Å²) in [5.74, 6) is 2.07. The summed E-state index contributed by atoms with van der Waals surface area (Å²) in [5.41, 5.74) is 6.49. The molecule has 0 aliphatic carbocycles. The smallest absolute Gasteiger partial charge is 0.163 e. The van der Waals surface area contributed by atoms with Crippen molar-refractivity contribution in [2.45, 2.75) is 12.8 Å². The number of ether oxygens (including phenoxy) is 2. The number of alkyl halides is 2. The van der Waals surface area contributed by atoms with E-state index >= 15 is 0 Å². The Morgan fingerprint density at radius 1 is 1.05 bits per heavy atom. The van der Waals surface area contributed by atoms with Crippen molar-refractivity contribution in [1.29, 1.82) is 5.26 Å². The van der Waals surface area contributed by atoms with Crippen LogP contribution in [0.5, 0.6) is 11.5 Å². The van der Waals surface area contributed by atoms with Crippen LogP contribution < -0.4 is 15.2 Å². The third-order valence-corrected chi connectivity index (χ3v) is 2.84.